The SMILES string of the molecule is CCCCCC(O)C=C[C@H]1C2CC(CO2)[C@@H]1CC=CCCCC(=O)O. The normalized spacial score (nSPS) is 29.8. The van der Waals surface area contributed by atoms with Crippen molar-refractivity contribution in [2.45, 2.75) is 76.9 Å². The Morgan fingerprint density at radius 2 is 2.12 bits per heavy atom. The number of hydrogen-bond donors (Lipinski definition) is 2. The van der Waals surface area contributed by atoms with Crippen LogP contribution in [-0.2, 0) is 9.53 Å². The molecule has 4 heteroatoms. The number of ether oxygens (including phenoxy) is 1. The molecular formula is C21H34O4. The van der Waals surface area contributed by atoms with Gasteiger partial charge in [0.25, 0.3) is 0 Å². The van der Waals surface area contributed by atoms with E-state index in [-0.39, 0.29) is 12.5 Å². The number of carbonyl (C=O) groups is 1. The summed E-state index contributed by atoms with van der Waals surface area (Å²) in [5.74, 6) is 0.902. The summed E-state index contributed by atoms with van der Waals surface area (Å²) in [7, 11) is 0. The van der Waals surface area contributed by atoms with E-state index in [4.69, 9.17) is 9.84 Å². The fraction of sp³-hybridized carbons (Fsp3) is 0.762. The Morgan fingerprint density at radius 3 is 2.88 bits per heavy atom. The van der Waals surface area contributed by atoms with E-state index in [1.54, 1.807) is 0 Å². The number of rotatable bonds is 12. The molecule has 5 atom stereocenters. The van der Waals surface area contributed by atoms with Gasteiger partial charge in [-0.15, -0.1) is 0 Å². The van der Waals surface area contributed by atoms with E-state index in [9.17, 15) is 9.90 Å². The number of fused-ring (bicyclic) bond motifs is 2. The van der Waals surface area contributed by atoms with Crippen molar-refractivity contribution in [3.8, 4) is 0 Å². The lowest BCUT2D eigenvalue weighted by Crippen LogP contribution is -2.27. The second-order valence-electron chi connectivity index (χ2n) is 7.55. The van der Waals surface area contributed by atoms with E-state index in [2.05, 4.69) is 25.2 Å². The molecule has 0 aromatic rings. The molecule has 0 radical (unpaired) electrons. The molecule has 0 aromatic carbocycles. The van der Waals surface area contributed by atoms with Gasteiger partial charge in [-0.25, -0.2) is 0 Å². The molecule has 4 nitrogen and oxygen atoms in total. The smallest absolute Gasteiger partial charge is 0.303 e. The van der Waals surface area contributed by atoms with Gasteiger partial charge in [0.05, 0.1) is 18.8 Å². The molecule has 1 saturated heterocycles. The van der Waals surface area contributed by atoms with Crippen molar-refractivity contribution in [3.05, 3.63) is 24.3 Å². The van der Waals surface area contributed by atoms with Gasteiger partial charge in [-0.05, 0) is 43.9 Å². The van der Waals surface area contributed by atoms with Gasteiger partial charge in [0.2, 0.25) is 0 Å². The molecule has 142 valence electrons. The zero-order valence-corrected chi connectivity index (χ0v) is 15.5. The highest BCUT2D eigenvalue weighted by Crippen LogP contribution is 2.47. The third-order valence-electron chi connectivity index (χ3n) is 5.58. The molecule has 25 heavy (non-hydrogen) atoms. The van der Waals surface area contributed by atoms with Crippen LogP contribution in [0.25, 0.3) is 0 Å². The lowest BCUT2D eigenvalue weighted by atomic mass is 9.84. The van der Waals surface area contributed by atoms with Crippen molar-refractivity contribution in [1.29, 1.82) is 0 Å². The molecule has 1 heterocycles. The third kappa shape index (κ3) is 6.59. The Labute approximate surface area is 152 Å². The first-order valence-corrected chi connectivity index (χ1v) is 9.96. The van der Waals surface area contributed by atoms with Crippen molar-refractivity contribution >= 4 is 5.97 Å². The van der Waals surface area contributed by atoms with Crippen molar-refractivity contribution in [2.75, 3.05) is 6.61 Å². The maximum atomic E-state index is 10.5. The van der Waals surface area contributed by atoms with Crippen LogP contribution in [-0.4, -0.2) is 35.0 Å². The summed E-state index contributed by atoms with van der Waals surface area (Å²) in [6, 6.07) is 0. The fourth-order valence-electron chi connectivity index (χ4n) is 4.15. The Bertz CT molecular complexity index is 457. The lowest BCUT2D eigenvalue weighted by Gasteiger charge is -2.28. The maximum absolute atomic E-state index is 10.5. The van der Waals surface area contributed by atoms with Crippen LogP contribution in [0.2, 0.25) is 0 Å². The number of aliphatic carboxylic acids is 1. The molecule has 3 unspecified atom stereocenters. The summed E-state index contributed by atoms with van der Waals surface area (Å²) >= 11 is 0. The van der Waals surface area contributed by atoms with Crippen LogP contribution in [0.1, 0.15) is 64.7 Å². The van der Waals surface area contributed by atoms with Crippen LogP contribution >= 0.6 is 0 Å². The van der Waals surface area contributed by atoms with Gasteiger partial charge in [0.1, 0.15) is 0 Å². The average molecular weight is 350 g/mol. The first-order valence-electron chi connectivity index (χ1n) is 9.96. The summed E-state index contributed by atoms with van der Waals surface area (Å²) < 4.78 is 5.87. The van der Waals surface area contributed by atoms with E-state index < -0.39 is 5.97 Å². The molecule has 1 saturated carbocycles. The standard InChI is InChI=1S/C21H34O4/c1-2-3-6-9-17(22)12-13-19-18(16-14-20(19)25-15-16)10-7-4-5-8-11-21(23)24/h4,7,12-13,16-20,22H,2-3,5-6,8-11,14-15H2,1H3,(H,23,24)/t16?,17?,18-,19+,20?/m0/s1. The molecule has 0 aromatic heterocycles. The zero-order chi connectivity index (χ0) is 18.1. The second-order valence-corrected chi connectivity index (χ2v) is 7.55. The van der Waals surface area contributed by atoms with Gasteiger partial charge in [0, 0.05) is 12.3 Å². The summed E-state index contributed by atoms with van der Waals surface area (Å²) in [5, 5.41) is 18.8. The van der Waals surface area contributed by atoms with E-state index in [1.807, 2.05) is 6.08 Å². The van der Waals surface area contributed by atoms with Crippen LogP contribution in [0.5, 0.6) is 0 Å². The molecule has 0 spiro atoms. The number of hydrogen-bond acceptors (Lipinski definition) is 3. The Kier molecular flexibility index (Phi) is 8.70. The highest BCUT2D eigenvalue weighted by atomic mass is 16.5. The van der Waals surface area contributed by atoms with Crippen LogP contribution in [0.15, 0.2) is 24.3 Å². The summed E-state index contributed by atoms with van der Waals surface area (Å²) in [4.78, 5) is 10.5. The summed E-state index contributed by atoms with van der Waals surface area (Å²) in [6.07, 6.45) is 16.7. The molecule has 2 bridgehead atoms. The minimum absolute atomic E-state index is 0.244. The molecule has 1 aliphatic heterocycles. The maximum Gasteiger partial charge on any atom is 0.303 e. The van der Waals surface area contributed by atoms with Crippen LogP contribution in [0, 0.1) is 17.8 Å². The van der Waals surface area contributed by atoms with Gasteiger partial charge >= 0.3 is 5.97 Å². The van der Waals surface area contributed by atoms with Gasteiger partial charge in [-0.1, -0.05) is 50.5 Å². The number of unbranched alkanes of at least 4 members (excludes halogenated alkanes) is 3. The molecule has 2 N–H and O–H groups in total. The quantitative estimate of drug-likeness (QED) is 0.406. The largest absolute Gasteiger partial charge is 0.481 e. The third-order valence-corrected chi connectivity index (χ3v) is 5.58. The molecule has 1 aliphatic carbocycles. The molecule has 2 fully saturated rings. The minimum atomic E-state index is -0.721. The lowest BCUT2D eigenvalue weighted by molar-refractivity contribution is -0.137. The fourth-order valence-corrected chi connectivity index (χ4v) is 4.15. The highest BCUT2D eigenvalue weighted by molar-refractivity contribution is 5.66. The first kappa shape index (κ1) is 20.2. The number of aliphatic hydroxyl groups is 1. The van der Waals surface area contributed by atoms with Gasteiger partial charge in [-0.2, -0.15) is 0 Å². The number of carboxylic acid groups (broad SMARTS) is 1. The summed E-state index contributed by atoms with van der Waals surface area (Å²) in [6.45, 7) is 3.04. The zero-order valence-electron chi connectivity index (χ0n) is 15.5. The van der Waals surface area contributed by atoms with Gasteiger partial charge in [0.15, 0.2) is 0 Å². The van der Waals surface area contributed by atoms with Crippen molar-refractivity contribution in [3.63, 3.8) is 0 Å². The highest BCUT2D eigenvalue weighted by Gasteiger charge is 2.46. The Balaban J connectivity index is 1.78. The second kappa shape index (κ2) is 10.8. The van der Waals surface area contributed by atoms with Crippen LogP contribution < -0.4 is 0 Å². The molecule has 2 rings (SSSR count). The van der Waals surface area contributed by atoms with E-state index in [0.29, 0.717) is 30.3 Å². The minimum Gasteiger partial charge on any atom is -0.481 e. The predicted molar refractivity (Wildman–Crippen MR) is 99.4 cm³/mol. The van der Waals surface area contributed by atoms with Gasteiger partial charge < -0.3 is 14.9 Å². The monoisotopic (exact) mass is 350 g/mol. The van der Waals surface area contributed by atoms with E-state index in [1.165, 1.54) is 12.8 Å². The number of carboxylic acids is 1. The van der Waals surface area contributed by atoms with Gasteiger partial charge in [-0.3, -0.25) is 4.79 Å². The van der Waals surface area contributed by atoms with Crippen molar-refractivity contribution in [2.24, 2.45) is 17.8 Å². The van der Waals surface area contributed by atoms with Crippen LogP contribution in [0.3, 0.4) is 0 Å². The van der Waals surface area contributed by atoms with Crippen molar-refractivity contribution < 1.29 is 19.7 Å². The van der Waals surface area contributed by atoms with Crippen molar-refractivity contribution in [1.82, 2.24) is 0 Å². The molecule has 2 aliphatic rings. The first-order chi connectivity index (χ1) is 12.1. The Morgan fingerprint density at radius 1 is 1.28 bits per heavy atom. The van der Waals surface area contributed by atoms with Crippen LogP contribution in [0.4, 0.5) is 0 Å². The molecule has 0 amide bonds. The van der Waals surface area contributed by atoms with E-state index >= 15 is 0 Å². The molecular weight excluding hydrogens is 316 g/mol. The number of aliphatic hydroxyl groups excluding tert-OH is 1. The number of allylic oxidation sites excluding steroid dienone is 2. The topological polar surface area (TPSA) is 66.8 Å². The average Bonchev–Trinajstić information content (AvgIpc) is 3.17. The Hall–Kier alpha value is -1.13. The predicted octanol–water partition coefficient (Wildman–Crippen LogP) is 4.34. The summed E-state index contributed by atoms with van der Waals surface area (Å²) in [5.41, 5.74) is 0. The van der Waals surface area contributed by atoms with E-state index in [0.717, 1.165) is 38.7 Å².